The molecule has 0 aliphatic carbocycles. The fourth-order valence-corrected chi connectivity index (χ4v) is 4.08. The highest BCUT2D eigenvalue weighted by Crippen LogP contribution is 2.29. The van der Waals surface area contributed by atoms with E-state index in [4.69, 9.17) is 17.3 Å². The van der Waals surface area contributed by atoms with Crippen LogP contribution < -0.4 is 16.5 Å². The molecule has 0 saturated carbocycles. The maximum absolute atomic E-state index is 13.4. The third kappa shape index (κ3) is 5.88. The molecule has 1 aromatic heterocycles. The van der Waals surface area contributed by atoms with E-state index >= 15 is 0 Å². The maximum Gasteiger partial charge on any atom is 0.265 e. The number of aromatic nitrogens is 1. The quantitative estimate of drug-likeness (QED) is 0.283. The molecule has 1 aliphatic rings. The lowest BCUT2D eigenvalue weighted by molar-refractivity contribution is -0.127. The molecular weight excluding hydrogens is 436 g/mol. The van der Waals surface area contributed by atoms with Gasteiger partial charge < -0.3 is 11.1 Å². The average molecular weight is 463 g/mol. The van der Waals surface area contributed by atoms with Crippen molar-refractivity contribution in [3.8, 4) is 0 Å². The van der Waals surface area contributed by atoms with Crippen molar-refractivity contribution in [3.63, 3.8) is 0 Å². The lowest BCUT2D eigenvalue weighted by atomic mass is 9.86. The molecule has 8 heteroatoms. The Morgan fingerprint density at radius 3 is 2.36 bits per heavy atom. The molecule has 33 heavy (non-hydrogen) atoms. The topological polar surface area (TPSA) is 95.6 Å². The fraction of sp³-hybridized carbons (Fsp3) is 0.240. The third-order valence-electron chi connectivity index (χ3n) is 5.88. The van der Waals surface area contributed by atoms with Crippen molar-refractivity contribution in [1.82, 2.24) is 15.3 Å². The van der Waals surface area contributed by atoms with Crippen LogP contribution >= 0.6 is 11.6 Å². The van der Waals surface area contributed by atoms with Gasteiger partial charge in [-0.1, -0.05) is 41.9 Å². The zero-order chi connectivity index (χ0) is 23.1. The van der Waals surface area contributed by atoms with E-state index in [1.165, 1.54) is 5.56 Å². The Balaban J connectivity index is 1.49. The van der Waals surface area contributed by atoms with Gasteiger partial charge in [-0.2, -0.15) is 5.10 Å². The molecular formula is C25H27ClN6O. The molecule has 0 radical (unpaired) electrons. The van der Waals surface area contributed by atoms with Gasteiger partial charge >= 0.3 is 0 Å². The first-order valence-electron chi connectivity index (χ1n) is 10.9. The van der Waals surface area contributed by atoms with Gasteiger partial charge in [-0.3, -0.25) is 14.7 Å². The number of amides is 1. The highest BCUT2D eigenvalue weighted by atomic mass is 35.5. The predicted molar refractivity (Wildman–Crippen MR) is 132 cm³/mol. The van der Waals surface area contributed by atoms with Crippen LogP contribution in [-0.2, 0) is 11.3 Å². The molecule has 0 unspecified atom stereocenters. The van der Waals surface area contributed by atoms with Crippen LogP contribution in [0, 0.1) is 0 Å². The van der Waals surface area contributed by atoms with Crippen molar-refractivity contribution < 1.29 is 4.79 Å². The van der Waals surface area contributed by atoms with Gasteiger partial charge in [0.1, 0.15) is 5.54 Å². The van der Waals surface area contributed by atoms with E-state index in [1.807, 2.05) is 30.3 Å². The number of rotatable bonds is 7. The second-order valence-electron chi connectivity index (χ2n) is 8.15. The number of amidine groups is 1. The highest BCUT2D eigenvalue weighted by Gasteiger charge is 2.41. The van der Waals surface area contributed by atoms with Crippen LogP contribution in [0.5, 0.6) is 0 Å². The number of nitrogens with one attached hydrogen (secondary N) is 2. The molecule has 0 atom stereocenters. The molecule has 2 heterocycles. The Hall–Kier alpha value is -3.42. The summed E-state index contributed by atoms with van der Waals surface area (Å²) in [6, 6.07) is 21.2. The highest BCUT2D eigenvalue weighted by molar-refractivity contribution is 6.30. The van der Waals surface area contributed by atoms with Crippen molar-refractivity contribution in [2.24, 2.45) is 10.8 Å². The van der Waals surface area contributed by atoms with Crippen molar-refractivity contribution in [3.05, 3.63) is 95.3 Å². The van der Waals surface area contributed by atoms with Gasteiger partial charge in [-0.15, -0.1) is 0 Å². The Morgan fingerprint density at radius 1 is 1.03 bits per heavy atom. The minimum absolute atomic E-state index is 0.214. The van der Waals surface area contributed by atoms with Gasteiger partial charge in [0.05, 0.1) is 0 Å². The first kappa shape index (κ1) is 22.8. The summed E-state index contributed by atoms with van der Waals surface area (Å²) in [6.07, 6.45) is 4.51. The van der Waals surface area contributed by atoms with E-state index in [2.05, 4.69) is 37.9 Å². The summed E-state index contributed by atoms with van der Waals surface area (Å²) in [6.45, 7) is 2.39. The summed E-state index contributed by atoms with van der Waals surface area (Å²) in [5, 5.41) is 8.25. The van der Waals surface area contributed by atoms with E-state index in [1.54, 1.807) is 36.7 Å². The Labute approximate surface area is 198 Å². The van der Waals surface area contributed by atoms with Gasteiger partial charge in [-0.25, -0.2) is 5.43 Å². The molecule has 170 valence electrons. The van der Waals surface area contributed by atoms with E-state index in [9.17, 15) is 4.79 Å². The fourth-order valence-electron chi connectivity index (χ4n) is 3.96. The molecule has 4 N–H and O–H groups in total. The monoisotopic (exact) mass is 462 g/mol. The zero-order valence-corrected chi connectivity index (χ0v) is 19.0. The molecule has 7 nitrogen and oxygen atoms in total. The lowest BCUT2D eigenvalue weighted by Gasteiger charge is -2.41. The zero-order valence-electron chi connectivity index (χ0n) is 18.2. The SMILES string of the molecule is NC(=NNC(=O)C1(Nc2ccc(Cl)cc2)CCN(Cc2ccccc2)CC1)c1ccncc1. The average Bonchev–Trinajstić information content (AvgIpc) is 2.86. The normalized spacial score (nSPS) is 16.2. The summed E-state index contributed by atoms with van der Waals surface area (Å²) in [7, 11) is 0. The van der Waals surface area contributed by atoms with Gasteiger partial charge in [0.15, 0.2) is 5.84 Å². The maximum atomic E-state index is 13.4. The van der Waals surface area contributed by atoms with Gasteiger partial charge in [-0.05, 0) is 54.8 Å². The Bertz CT molecular complexity index is 1080. The number of carbonyl (C=O) groups is 1. The second kappa shape index (κ2) is 10.5. The van der Waals surface area contributed by atoms with Crippen molar-refractivity contribution in [2.45, 2.75) is 24.9 Å². The van der Waals surface area contributed by atoms with E-state index in [-0.39, 0.29) is 11.7 Å². The molecule has 1 saturated heterocycles. The smallest absolute Gasteiger partial charge is 0.265 e. The van der Waals surface area contributed by atoms with Crippen LogP contribution in [0.1, 0.15) is 24.0 Å². The minimum Gasteiger partial charge on any atom is -0.382 e. The number of piperidine rings is 1. The number of hydrogen-bond donors (Lipinski definition) is 3. The minimum atomic E-state index is -0.816. The van der Waals surface area contributed by atoms with E-state index in [0.717, 1.165) is 25.3 Å². The van der Waals surface area contributed by atoms with Crippen LogP contribution in [0.2, 0.25) is 5.02 Å². The number of halogens is 1. The number of carbonyl (C=O) groups excluding carboxylic acids is 1. The van der Waals surface area contributed by atoms with Crippen molar-refractivity contribution in [1.29, 1.82) is 0 Å². The summed E-state index contributed by atoms with van der Waals surface area (Å²) < 4.78 is 0. The third-order valence-corrected chi connectivity index (χ3v) is 6.13. The number of anilines is 1. The van der Waals surface area contributed by atoms with Crippen molar-refractivity contribution >= 4 is 29.0 Å². The molecule has 1 amide bonds. The molecule has 0 spiro atoms. The van der Waals surface area contributed by atoms with Crippen LogP contribution in [0.3, 0.4) is 0 Å². The summed E-state index contributed by atoms with van der Waals surface area (Å²) in [5.41, 5.74) is 10.7. The molecule has 4 rings (SSSR count). The van der Waals surface area contributed by atoms with Crippen LogP contribution in [0.25, 0.3) is 0 Å². The Kier molecular flexibility index (Phi) is 7.22. The van der Waals surface area contributed by atoms with Gasteiger partial charge in [0, 0.05) is 48.3 Å². The first-order valence-corrected chi connectivity index (χ1v) is 11.3. The van der Waals surface area contributed by atoms with Gasteiger partial charge in [0.25, 0.3) is 5.91 Å². The summed E-state index contributed by atoms with van der Waals surface area (Å²) in [5.74, 6) is 0.0164. The van der Waals surface area contributed by atoms with E-state index in [0.29, 0.717) is 23.4 Å². The Morgan fingerprint density at radius 2 is 1.70 bits per heavy atom. The number of pyridine rings is 1. The molecule has 1 aliphatic heterocycles. The molecule has 1 fully saturated rings. The summed E-state index contributed by atoms with van der Waals surface area (Å²) in [4.78, 5) is 19.7. The lowest BCUT2D eigenvalue weighted by Crippen LogP contribution is -2.57. The molecule has 3 aromatic rings. The van der Waals surface area contributed by atoms with E-state index < -0.39 is 5.54 Å². The standard InChI is InChI=1S/C25H27ClN6O/c26-21-6-8-22(9-7-21)29-25(24(33)31-30-23(27)20-10-14-28-15-11-20)12-16-32(17-13-25)18-19-4-2-1-3-5-19/h1-11,14-15,29H,12-13,16-18H2,(H2,27,30)(H,31,33). The number of nitrogens with two attached hydrogens (primary N) is 1. The molecule has 2 aromatic carbocycles. The number of likely N-dealkylation sites (tertiary alicyclic amines) is 1. The summed E-state index contributed by atoms with van der Waals surface area (Å²) >= 11 is 6.04. The number of hydrazone groups is 1. The largest absolute Gasteiger partial charge is 0.382 e. The number of nitrogens with zero attached hydrogens (tertiary/aromatic N) is 3. The second-order valence-corrected chi connectivity index (χ2v) is 8.59. The first-order chi connectivity index (χ1) is 16.0. The van der Waals surface area contributed by atoms with Gasteiger partial charge in [0.2, 0.25) is 0 Å². The van der Waals surface area contributed by atoms with Crippen LogP contribution in [0.15, 0.2) is 84.2 Å². The van der Waals surface area contributed by atoms with Crippen LogP contribution in [-0.4, -0.2) is 40.3 Å². The predicted octanol–water partition coefficient (Wildman–Crippen LogP) is 3.62. The van der Waals surface area contributed by atoms with Crippen molar-refractivity contribution in [2.75, 3.05) is 18.4 Å². The molecule has 0 bridgehead atoms. The number of benzene rings is 2. The number of hydrogen-bond acceptors (Lipinski definition) is 5. The van der Waals surface area contributed by atoms with Crippen LogP contribution in [0.4, 0.5) is 5.69 Å².